The fourth-order valence-corrected chi connectivity index (χ4v) is 4.12. The third-order valence-corrected chi connectivity index (χ3v) is 4.16. The van der Waals surface area contributed by atoms with Crippen molar-refractivity contribution in [1.82, 2.24) is 4.90 Å². The molecule has 0 spiro atoms. The van der Waals surface area contributed by atoms with E-state index in [1.54, 1.807) is 0 Å². The molecule has 0 bridgehead atoms. The molecule has 1 amide bonds. The van der Waals surface area contributed by atoms with Crippen molar-refractivity contribution >= 4 is 5.91 Å². The average molecular weight is 238 g/mol. The van der Waals surface area contributed by atoms with Crippen molar-refractivity contribution in [3.8, 4) is 0 Å². The molecule has 3 nitrogen and oxygen atoms in total. The minimum atomic E-state index is 0.0515. The van der Waals surface area contributed by atoms with Crippen molar-refractivity contribution in [1.29, 1.82) is 0 Å². The van der Waals surface area contributed by atoms with Crippen LogP contribution in [-0.4, -0.2) is 29.4 Å². The molecule has 0 aromatic heterocycles. The number of nitrogens with two attached hydrogens (primary N) is 1. The summed E-state index contributed by atoms with van der Waals surface area (Å²) in [7, 11) is 0. The van der Waals surface area contributed by atoms with Gasteiger partial charge in [-0.2, -0.15) is 0 Å². The Bertz CT molecular complexity index is 306. The summed E-state index contributed by atoms with van der Waals surface area (Å²) in [4.78, 5) is 14.0. The molecule has 98 valence electrons. The molecule has 0 radical (unpaired) electrons. The van der Waals surface area contributed by atoms with Gasteiger partial charge in [0, 0.05) is 25.0 Å². The van der Waals surface area contributed by atoms with Gasteiger partial charge in [0.05, 0.1) is 0 Å². The monoisotopic (exact) mass is 238 g/mol. The lowest BCUT2D eigenvalue weighted by Crippen LogP contribution is -2.47. The summed E-state index contributed by atoms with van der Waals surface area (Å²) in [6.45, 7) is 10.0. The fourth-order valence-electron chi connectivity index (χ4n) is 4.12. The zero-order chi connectivity index (χ0) is 12.8. The van der Waals surface area contributed by atoms with Crippen LogP contribution in [0.25, 0.3) is 0 Å². The van der Waals surface area contributed by atoms with Crippen molar-refractivity contribution in [3.63, 3.8) is 0 Å². The Morgan fingerprint density at radius 3 is 2.12 bits per heavy atom. The van der Waals surface area contributed by atoms with Crippen molar-refractivity contribution in [2.24, 2.45) is 16.6 Å². The summed E-state index contributed by atoms with van der Waals surface area (Å²) >= 11 is 0. The van der Waals surface area contributed by atoms with E-state index in [1.807, 2.05) is 4.90 Å². The SMILES string of the molecule is CC1(C)CC(N2CC(N)CC2=O)CC(C)(C)C1. The van der Waals surface area contributed by atoms with Crippen LogP contribution < -0.4 is 5.73 Å². The predicted molar refractivity (Wildman–Crippen MR) is 69.5 cm³/mol. The Hall–Kier alpha value is -0.570. The molecule has 3 heteroatoms. The largest absolute Gasteiger partial charge is 0.338 e. The van der Waals surface area contributed by atoms with Crippen LogP contribution in [0.2, 0.25) is 0 Å². The first-order chi connectivity index (χ1) is 7.69. The maximum atomic E-state index is 12.0. The number of hydrogen-bond donors (Lipinski definition) is 1. The van der Waals surface area contributed by atoms with Gasteiger partial charge in [-0.25, -0.2) is 0 Å². The van der Waals surface area contributed by atoms with E-state index in [0.29, 0.717) is 23.3 Å². The molecule has 17 heavy (non-hydrogen) atoms. The topological polar surface area (TPSA) is 46.3 Å². The molecule has 1 aliphatic heterocycles. The van der Waals surface area contributed by atoms with Crippen molar-refractivity contribution in [2.45, 2.75) is 65.5 Å². The third-order valence-electron chi connectivity index (χ3n) is 4.16. The Kier molecular flexibility index (Phi) is 3.01. The summed E-state index contributed by atoms with van der Waals surface area (Å²) in [5.41, 5.74) is 6.56. The highest BCUT2D eigenvalue weighted by Crippen LogP contribution is 2.47. The van der Waals surface area contributed by atoms with E-state index in [1.165, 1.54) is 6.42 Å². The van der Waals surface area contributed by atoms with E-state index >= 15 is 0 Å². The Labute approximate surface area is 105 Å². The minimum absolute atomic E-state index is 0.0515. The van der Waals surface area contributed by atoms with E-state index < -0.39 is 0 Å². The molecule has 2 N–H and O–H groups in total. The summed E-state index contributed by atoms with van der Waals surface area (Å²) in [5, 5.41) is 0. The molecule has 2 rings (SSSR count). The third kappa shape index (κ3) is 2.82. The van der Waals surface area contributed by atoms with E-state index in [2.05, 4.69) is 27.7 Å². The molecule has 1 unspecified atom stereocenters. The Morgan fingerprint density at radius 2 is 1.71 bits per heavy atom. The quantitative estimate of drug-likeness (QED) is 0.761. The van der Waals surface area contributed by atoms with Crippen molar-refractivity contribution in [2.75, 3.05) is 6.54 Å². The molecule has 2 fully saturated rings. The Balaban J connectivity index is 2.13. The van der Waals surface area contributed by atoms with Gasteiger partial charge in [-0.05, 0) is 30.1 Å². The van der Waals surface area contributed by atoms with Crippen molar-refractivity contribution < 1.29 is 4.79 Å². The zero-order valence-corrected chi connectivity index (χ0v) is 11.6. The molecular weight excluding hydrogens is 212 g/mol. The molecular formula is C14H26N2O. The number of likely N-dealkylation sites (tertiary alicyclic amines) is 1. The molecule has 0 aromatic carbocycles. The second-order valence-electron chi connectivity index (χ2n) is 7.58. The Morgan fingerprint density at radius 1 is 1.18 bits per heavy atom. The number of carbonyl (C=O) groups is 1. The fraction of sp³-hybridized carbons (Fsp3) is 0.929. The molecule has 1 saturated carbocycles. The van der Waals surface area contributed by atoms with E-state index in [9.17, 15) is 4.79 Å². The molecule has 0 aromatic rings. The van der Waals surface area contributed by atoms with Crippen LogP contribution >= 0.6 is 0 Å². The van der Waals surface area contributed by atoms with E-state index in [0.717, 1.165) is 19.4 Å². The van der Waals surface area contributed by atoms with Crippen LogP contribution in [0, 0.1) is 10.8 Å². The molecule has 1 heterocycles. The van der Waals surface area contributed by atoms with Crippen LogP contribution in [0.1, 0.15) is 53.4 Å². The smallest absolute Gasteiger partial charge is 0.224 e. The van der Waals surface area contributed by atoms with Gasteiger partial charge in [-0.1, -0.05) is 27.7 Å². The summed E-state index contributed by atoms with van der Waals surface area (Å²) < 4.78 is 0. The number of hydrogen-bond acceptors (Lipinski definition) is 2. The first kappa shape index (κ1) is 12.9. The molecule has 1 aliphatic carbocycles. The highest BCUT2D eigenvalue weighted by molar-refractivity contribution is 5.79. The number of rotatable bonds is 1. The number of nitrogens with zero attached hydrogens (tertiary/aromatic N) is 1. The van der Waals surface area contributed by atoms with Gasteiger partial charge in [0.1, 0.15) is 0 Å². The highest BCUT2D eigenvalue weighted by atomic mass is 16.2. The average Bonchev–Trinajstić information content (AvgIpc) is 2.39. The van der Waals surface area contributed by atoms with Crippen LogP contribution in [0.3, 0.4) is 0 Å². The summed E-state index contributed by atoms with van der Waals surface area (Å²) in [6, 6.07) is 0.449. The molecule has 1 atom stereocenters. The first-order valence-electron chi connectivity index (χ1n) is 6.74. The lowest BCUT2D eigenvalue weighted by atomic mass is 9.63. The van der Waals surface area contributed by atoms with Crippen LogP contribution in [0.4, 0.5) is 0 Å². The minimum Gasteiger partial charge on any atom is -0.338 e. The maximum absolute atomic E-state index is 12.0. The van der Waals surface area contributed by atoms with Crippen molar-refractivity contribution in [3.05, 3.63) is 0 Å². The van der Waals surface area contributed by atoms with Gasteiger partial charge in [0.2, 0.25) is 5.91 Å². The lowest BCUT2D eigenvalue weighted by molar-refractivity contribution is -0.132. The normalized spacial score (nSPS) is 33.1. The lowest BCUT2D eigenvalue weighted by Gasteiger charge is -2.47. The van der Waals surface area contributed by atoms with Gasteiger partial charge >= 0.3 is 0 Å². The second-order valence-corrected chi connectivity index (χ2v) is 7.58. The summed E-state index contributed by atoms with van der Waals surface area (Å²) in [5.74, 6) is 0.260. The highest BCUT2D eigenvalue weighted by Gasteiger charge is 2.43. The van der Waals surface area contributed by atoms with Crippen LogP contribution in [0.15, 0.2) is 0 Å². The van der Waals surface area contributed by atoms with Gasteiger partial charge in [0.15, 0.2) is 0 Å². The molecule has 1 saturated heterocycles. The predicted octanol–water partition coefficient (Wildman–Crippen LogP) is 2.15. The van der Waals surface area contributed by atoms with Gasteiger partial charge < -0.3 is 10.6 Å². The van der Waals surface area contributed by atoms with Crippen LogP contribution in [-0.2, 0) is 4.79 Å². The van der Waals surface area contributed by atoms with Crippen LogP contribution in [0.5, 0.6) is 0 Å². The van der Waals surface area contributed by atoms with Gasteiger partial charge in [0.25, 0.3) is 0 Å². The van der Waals surface area contributed by atoms with Gasteiger partial charge in [-0.15, -0.1) is 0 Å². The standard InChI is InChI=1S/C14H26N2O/c1-13(2)6-11(7-14(3,4)9-13)16-8-10(15)5-12(16)17/h10-11H,5-9,15H2,1-4H3. The summed E-state index contributed by atoms with van der Waals surface area (Å²) in [6.07, 6.45) is 4.02. The zero-order valence-electron chi connectivity index (χ0n) is 11.6. The number of carbonyl (C=O) groups excluding carboxylic acids is 1. The van der Waals surface area contributed by atoms with Gasteiger partial charge in [-0.3, -0.25) is 4.79 Å². The second kappa shape index (κ2) is 3.98. The maximum Gasteiger partial charge on any atom is 0.224 e. The molecule has 2 aliphatic rings. The first-order valence-corrected chi connectivity index (χ1v) is 6.74. The number of amides is 1. The van der Waals surface area contributed by atoms with E-state index in [4.69, 9.17) is 5.73 Å². The van der Waals surface area contributed by atoms with E-state index in [-0.39, 0.29) is 11.9 Å².